The van der Waals surface area contributed by atoms with Crippen molar-refractivity contribution in [1.29, 1.82) is 0 Å². The van der Waals surface area contributed by atoms with E-state index in [1.807, 2.05) is 19.2 Å². The molecule has 1 fully saturated rings. The maximum Gasteiger partial charge on any atom is 0.142 e. The van der Waals surface area contributed by atoms with E-state index >= 15 is 0 Å². The molecule has 1 aromatic carbocycles. The van der Waals surface area contributed by atoms with E-state index in [2.05, 4.69) is 39.5 Å². The van der Waals surface area contributed by atoms with Crippen molar-refractivity contribution >= 4 is 5.69 Å². The molecule has 3 rings (SSSR count). The van der Waals surface area contributed by atoms with Crippen LogP contribution in [0.3, 0.4) is 0 Å². The molecule has 2 heterocycles. The van der Waals surface area contributed by atoms with E-state index in [4.69, 9.17) is 4.74 Å². The lowest BCUT2D eigenvalue weighted by Crippen LogP contribution is -2.19. The third-order valence-corrected chi connectivity index (χ3v) is 4.15. The van der Waals surface area contributed by atoms with Gasteiger partial charge in [0.1, 0.15) is 5.75 Å². The largest absolute Gasteiger partial charge is 0.492 e. The Balaban J connectivity index is 1.64. The molecule has 1 aromatic heterocycles. The van der Waals surface area contributed by atoms with Crippen molar-refractivity contribution in [2.24, 2.45) is 0 Å². The fourth-order valence-electron chi connectivity index (χ4n) is 3.01. The zero-order chi connectivity index (χ0) is 15.9. The van der Waals surface area contributed by atoms with Crippen LogP contribution in [0.2, 0.25) is 0 Å². The molecule has 0 amide bonds. The third-order valence-electron chi connectivity index (χ3n) is 4.15. The van der Waals surface area contributed by atoms with Crippen molar-refractivity contribution in [1.82, 2.24) is 10.3 Å². The van der Waals surface area contributed by atoms with Crippen LogP contribution in [0.25, 0.3) is 0 Å². The van der Waals surface area contributed by atoms with E-state index in [0.29, 0.717) is 6.61 Å². The van der Waals surface area contributed by atoms with Crippen LogP contribution in [0, 0.1) is 0 Å². The molecular weight excluding hydrogens is 286 g/mol. The van der Waals surface area contributed by atoms with E-state index in [-0.39, 0.29) is 0 Å². The quantitative estimate of drug-likeness (QED) is 0.851. The lowest BCUT2D eigenvalue weighted by molar-refractivity contribution is 0.340. The van der Waals surface area contributed by atoms with Crippen molar-refractivity contribution in [2.45, 2.75) is 32.9 Å². The Morgan fingerprint density at radius 1 is 1.13 bits per heavy atom. The van der Waals surface area contributed by atoms with E-state index in [9.17, 15) is 0 Å². The van der Waals surface area contributed by atoms with E-state index in [0.717, 1.165) is 31.9 Å². The Morgan fingerprint density at radius 3 is 2.70 bits per heavy atom. The Hall–Kier alpha value is -2.07. The van der Waals surface area contributed by atoms with Gasteiger partial charge in [-0.1, -0.05) is 12.1 Å². The van der Waals surface area contributed by atoms with Crippen LogP contribution in [-0.4, -0.2) is 24.7 Å². The number of pyridine rings is 1. The summed E-state index contributed by atoms with van der Waals surface area (Å²) in [5.74, 6) is 1.01. The topological polar surface area (TPSA) is 37.4 Å². The summed E-state index contributed by atoms with van der Waals surface area (Å²) in [6, 6.07) is 10.6. The fraction of sp³-hybridized carbons (Fsp3) is 0.421. The normalized spacial score (nSPS) is 14.2. The highest BCUT2D eigenvalue weighted by Gasteiger charge is 2.16. The van der Waals surface area contributed by atoms with Gasteiger partial charge >= 0.3 is 0 Å². The van der Waals surface area contributed by atoms with Gasteiger partial charge in [-0.2, -0.15) is 0 Å². The lowest BCUT2D eigenvalue weighted by atomic mass is 10.1. The molecule has 0 spiro atoms. The smallest absolute Gasteiger partial charge is 0.142 e. The summed E-state index contributed by atoms with van der Waals surface area (Å²) < 4.78 is 5.88. The van der Waals surface area contributed by atoms with Gasteiger partial charge < -0.3 is 15.0 Å². The third kappa shape index (κ3) is 4.23. The zero-order valence-electron chi connectivity index (χ0n) is 13.8. The van der Waals surface area contributed by atoms with Crippen molar-refractivity contribution in [2.75, 3.05) is 24.6 Å². The number of nitrogens with one attached hydrogen (secondary N) is 1. The van der Waals surface area contributed by atoms with Crippen LogP contribution in [0.15, 0.2) is 42.7 Å². The standard InChI is InChI=1S/C19H25N3O/c1-2-23-19-12-16(7-8-18(19)22-10-3-4-11-22)13-21-15-17-6-5-9-20-14-17/h5-9,12,14,21H,2-4,10-11,13,15H2,1H3. The van der Waals surface area contributed by atoms with Crippen LogP contribution in [0.4, 0.5) is 5.69 Å². The highest BCUT2D eigenvalue weighted by molar-refractivity contribution is 5.60. The summed E-state index contributed by atoms with van der Waals surface area (Å²) in [6.45, 7) is 6.67. The molecule has 1 aliphatic rings. The molecule has 1 N–H and O–H groups in total. The van der Waals surface area contributed by atoms with E-state index in [1.165, 1.54) is 29.7 Å². The highest BCUT2D eigenvalue weighted by Crippen LogP contribution is 2.32. The average molecular weight is 311 g/mol. The van der Waals surface area contributed by atoms with Gasteiger partial charge in [-0.25, -0.2) is 0 Å². The van der Waals surface area contributed by atoms with Gasteiger partial charge in [0, 0.05) is 38.6 Å². The number of hydrogen-bond donors (Lipinski definition) is 1. The Morgan fingerprint density at radius 2 is 1.96 bits per heavy atom. The molecule has 2 aromatic rings. The maximum absolute atomic E-state index is 5.88. The number of hydrogen-bond acceptors (Lipinski definition) is 4. The van der Waals surface area contributed by atoms with Gasteiger partial charge in [0.25, 0.3) is 0 Å². The number of aromatic nitrogens is 1. The lowest BCUT2D eigenvalue weighted by Gasteiger charge is -2.22. The first-order valence-electron chi connectivity index (χ1n) is 8.47. The average Bonchev–Trinajstić information content (AvgIpc) is 3.11. The summed E-state index contributed by atoms with van der Waals surface area (Å²) in [5, 5.41) is 3.47. The molecule has 0 atom stereocenters. The maximum atomic E-state index is 5.88. The molecule has 4 nitrogen and oxygen atoms in total. The second-order valence-corrected chi connectivity index (χ2v) is 5.89. The minimum atomic E-state index is 0.702. The van der Waals surface area contributed by atoms with Crippen LogP contribution in [-0.2, 0) is 13.1 Å². The molecule has 1 saturated heterocycles. The summed E-state index contributed by atoms with van der Waals surface area (Å²) in [6.07, 6.45) is 6.25. The summed E-state index contributed by atoms with van der Waals surface area (Å²) in [5.41, 5.74) is 3.69. The van der Waals surface area contributed by atoms with Crippen molar-refractivity contribution < 1.29 is 4.74 Å². The molecule has 4 heteroatoms. The van der Waals surface area contributed by atoms with Crippen molar-refractivity contribution in [3.8, 4) is 5.75 Å². The van der Waals surface area contributed by atoms with Gasteiger partial charge in [-0.05, 0) is 49.1 Å². The molecule has 0 bridgehead atoms. The highest BCUT2D eigenvalue weighted by atomic mass is 16.5. The van der Waals surface area contributed by atoms with Gasteiger partial charge in [-0.15, -0.1) is 0 Å². The number of rotatable bonds is 7. The molecule has 122 valence electrons. The first-order valence-corrected chi connectivity index (χ1v) is 8.47. The fourth-order valence-corrected chi connectivity index (χ4v) is 3.01. The molecular formula is C19H25N3O. The second-order valence-electron chi connectivity index (χ2n) is 5.89. The summed E-state index contributed by atoms with van der Waals surface area (Å²) in [7, 11) is 0. The summed E-state index contributed by atoms with van der Waals surface area (Å²) in [4.78, 5) is 6.57. The first kappa shape index (κ1) is 15.8. The minimum absolute atomic E-state index is 0.702. The van der Waals surface area contributed by atoms with E-state index in [1.54, 1.807) is 6.20 Å². The Bertz CT molecular complexity index is 609. The van der Waals surface area contributed by atoms with Crippen LogP contribution >= 0.6 is 0 Å². The minimum Gasteiger partial charge on any atom is -0.492 e. The van der Waals surface area contributed by atoms with Crippen LogP contribution < -0.4 is 15.0 Å². The number of nitrogens with zero attached hydrogens (tertiary/aromatic N) is 2. The zero-order valence-corrected chi connectivity index (χ0v) is 13.8. The number of ether oxygens (including phenoxy) is 1. The molecule has 0 aliphatic carbocycles. The second kappa shape index (κ2) is 7.97. The molecule has 0 saturated carbocycles. The number of anilines is 1. The number of benzene rings is 1. The van der Waals surface area contributed by atoms with Gasteiger partial charge in [0.05, 0.1) is 12.3 Å². The molecule has 0 unspecified atom stereocenters. The molecule has 0 radical (unpaired) electrons. The van der Waals surface area contributed by atoms with Crippen molar-refractivity contribution in [3.63, 3.8) is 0 Å². The van der Waals surface area contributed by atoms with Gasteiger partial charge in [0.2, 0.25) is 0 Å². The van der Waals surface area contributed by atoms with Crippen molar-refractivity contribution in [3.05, 3.63) is 53.9 Å². The monoisotopic (exact) mass is 311 g/mol. The van der Waals surface area contributed by atoms with E-state index < -0.39 is 0 Å². The summed E-state index contributed by atoms with van der Waals surface area (Å²) >= 11 is 0. The Labute approximate surface area is 138 Å². The predicted molar refractivity (Wildman–Crippen MR) is 93.8 cm³/mol. The predicted octanol–water partition coefficient (Wildman–Crippen LogP) is 3.37. The first-order chi connectivity index (χ1) is 11.4. The molecule has 1 aliphatic heterocycles. The molecule has 23 heavy (non-hydrogen) atoms. The SMILES string of the molecule is CCOc1cc(CNCc2cccnc2)ccc1N1CCCC1. The van der Waals surface area contributed by atoms with Crippen LogP contribution in [0.1, 0.15) is 30.9 Å². The Kier molecular flexibility index (Phi) is 5.48. The van der Waals surface area contributed by atoms with Gasteiger partial charge in [-0.3, -0.25) is 4.98 Å². The van der Waals surface area contributed by atoms with Gasteiger partial charge in [0.15, 0.2) is 0 Å². The van der Waals surface area contributed by atoms with Crippen LogP contribution in [0.5, 0.6) is 5.75 Å².